The number of carbonyl (C=O) groups excluding carboxylic acids is 2. The van der Waals surface area contributed by atoms with Gasteiger partial charge in [0.2, 0.25) is 12.0 Å². The van der Waals surface area contributed by atoms with Gasteiger partial charge in [-0.3, -0.25) is 9.59 Å². The first-order valence-corrected chi connectivity index (χ1v) is 7.77. The Labute approximate surface area is 136 Å². The summed E-state index contributed by atoms with van der Waals surface area (Å²) in [6.07, 6.45) is -0.298. The van der Waals surface area contributed by atoms with Crippen molar-refractivity contribution in [1.29, 1.82) is 0 Å². The van der Waals surface area contributed by atoms with E-state index in [1.807, 2.05) is 45.0 Å². The Hall–Kier alpha value is -2.37. The van der Waals surface area contributed by atoms with E-state index in [4.69, 9.17) is 4.84 Å². The average molecular weight is 317 g/mol. The third-order valence-corrected chi connectivity index (χ3v) is 3.53. The summed E-state index contributed by atoms with van der Waals surface area (Å²) >= 11 is 0. The van der Waals surface area contributed by atoms with Gasteiger partial charge in [0.25, 0.3) is 5.91 Å². The molecule has 0 aliphatic carbocycles. The molecule has 0 unspecified atom stereocenters. The van der Waals surface area contributed by atoms with Gasteiger partial charge < -0.3 is 15.5 Å². The molecule has 1 aromatic rings. The van der Waals surface area contributed by atoms with Crippen molar-refractivity contribution in [2.45, 2.75) is 52.3 Å². The molecule has 0 fully saturated rings. The molecule has 23 heavy (non-hydrogen) atoms. The number of nitrogens with zero attached hydrogens (tertiary/aromatic N) is 1. The molecule has 1 heterocycles. The molecule has 0 saturated carbocycles. The number of benzene rings is 1. The maximum Gasteiger partial charge on any atom is 0.264 e. The van der Waals surface area contributed by atoms with Crippen LogP contribution >= 0.6 is 0 Å². The van der Waals surface area contributed by atoms with Gasteiger partial charge in [0.05, 0.1) is 5.71 Å². The summed E-state index contributed by atoms with van der Waals surface area (Å²) in [6, 6.07) is 7.30. The molecule has 2 N–H and O–H groups in total. The number of hydrogen-bond donors (Lipinski definition) is 2. The summed E-state index contributed by atoms with van der Waals surface area (Å²) in [5.74, 6) is -0.548. The zero-order valence-corrected chi connectivity index (χ0v) is 13.9. The van der Waals surface area contributed by atoms with Crippen molar-refractivity contribution in [2.24, 2.45) is 5.16 Å². The molecule has 2 rings (SSSR count). The molecule has 1 aliphatic heterocycles. The van der Waals surface area contributed by atoms with Crippen molar-refractivity contribution in [3.8, 4) is 0 Å². The van der Waals surface area contributed by atoms with E-state index in [-0.39, 0.29) is 17.9 Å². The number of carbonyl (C=O) groups is 2. The van der Waals surface area contributed by atoms with Gasteiger partial charge >= 0.3 is 0 Å². The maximum atomic E-state index is 12.2. The Morgan fingerprint density at radius 2 is 1.83 bits per heavy atom. The van der Waals surface area contributed by atoms with Crippen LogP contribution in [0.25, 0.3) is 0 Å². The smallest absolute Gasteiger partial charge is 0.264 e. The van der Waals surface area contributed by atoms with E-state index in [1.54, 1.807) is 6.92 Å². The normalized spacial score (nSPS) is 18.1. The van der Waals surface area contributed by atoms with Crippen molar-refractivity contribution in [2.75, 3.05) is 0 Å². The largest absolute Gasteiger partial charge is 0.382 e. The summed E-state index contributed by atoms with van der Waals surface area (Å²) in [5.41, 5.74) is 2.84. The molecule has 0 saturated heterocycles. The second-order valence-corrected chi connectivity index (χ2v) is 6.10. The number of oxime groups is 1. The van der Waals surface area contributed by atoms with Crippen LogP contribution < -0.4 is 10.6 Å². The second-order valence-electron chi connectivity index (χ2n) is 6.10. The number of nitrogens with one attached hydrogen (secondary N) is 2. The Bertz CT molecular complexity index is 608. The predicted octanol–water partition coefficient (Wildman–Crippen LogP) is 1.52. The summed E-state index contributed by atoms with van der Waals surface area (Å²) in [7, 11) is 0. The summed E-state index contributed by atoms with van der Waals surface area (Å²) < 4.78 is 0. The molecule has 2 amide bonds. The van der Waals surface area contributed by atoms with E-state index >= 15 is 0 Å². The van der Waals surface area contributed by atoms with E-state index < -0.39 is 12.1 Å². The van der Waals surface area contributed by atoms with Crippen LogP contribution in [-0.4, -0.2) is 35.7 Å². The minimum atomic E-state index is -0.694. The molecule has 0 radical (unpaired) electrons. The van der Waals surface area contributed by atoms with Gasteiger partial charge in [0, 0.05) is 12.5 Å². The third kappa shape index (κ3) is 4.55. The topological polar surface area (TPSA) is 79.8 Å². The van der Waals surface area contributed by atoms with Crippen LogP contribution in [0.3, 0.4) is 0 Å². The lowest BCUT2D eigenvalue weighted by atomic mass is 10.0. The van der Waals surface area contributed by atoms with E-state index in [2.05, 4.69) is 15.8 Å². The quantitative estimate of drug-likeness (QED) is 0.864. The van der Waals surface area contributed by atoms with Crippen LogP contribution in [0.15, 0.2) is 29.4 Å². The molecular weight excluding hydrogens is 294 g/mol. The first-order valence-electron chi connectivity index (χ1n) is 7.77. The van der Waals surface area contributed by atoms with Gasteiger partial charge in [0.1, 0.15) is 6.04 Å². The standard InChI is InChI=1S/C17H23N3O3/c1-10(2)18-16(21)12(4)19-17(22)15-9-14(20-23-15)13-7-5-11(3)6-8-13/h5-8,10,12,15H,9H2,1-4H3,(H,18,21)(H,19,22)/t12-,15+/m0/s1. The van der Waals surface area contributed by atoms with Crippen LogP contribution in [0.4, 0.5) is 0 Å². The molecule has 2 atom stereocenters. The number of amides is 2. The zero-order valence-electron chi connectivity index (χ0n) is 13.9. The first-order chi connectivity index (χ1) is 10.9. The molecule has 6 heteroatoms. The van der Waals surface area contributed by atoms with E-state index in [1.165, 1.54) is 0 Å². The average Bonchev–Trinajstić information content (AvgIpc) is 2.97. The lowest BCUT2D eigenvalue weighted by Crippen LogP contribution is -2.49. The van der Waals surface area contributed by atoms with Crippen molar-refractivity contribution in [3.05, 3.63) is 35.4 Å². The van der Waals surface area contributed by atoms with Gasteiger partial charge in [-0.05, 0) is 33.3 Å². The van der Waals surface area contributed by atoms with Gasteiger partial charge in [-0.2, -0.15) is 0 Å². The Kier molecular flexibility index (Phi) is 5.36. The highest BCUT2D eigenvalue weighted by molar-refractivity contribution is 6.04. The van der Waals surface area contributed by atoms with Gasteiger partial charge in [-0.15, -0.1) is 0 Å². The van der Waals surface area contributed by atoms with Crippen LogP contribution in [0, 0.1) is 6.92 Å². The Morgan fingerprint density at radius 1 is 1.17 bits per heavy atom. The SMILES string of the molecule is Cc1ccc(C2=NO[C@@H](C(=O)N[C@@H](C)C(=O)NC(C)C)C2)cc1. The monoisotopic (exact) mass is 317 g/mol. The molecule has 0 spiro atoms. The highest BCUT2D eigenvalue weighted by Gasteiger charge is 2.30. The van der Waals surface area contributed by atoms with Crippen LogP contribution in [-0.2, 0) is 14.4 Å². The zero-order chi connectivity index (χ0) is 17.0. The van der Waals surface area contributed by atoms with Crippen LogP contribution in [0.2, 0.25) is 0 Å². The summed E-state index contributed by atoms with van der Waals surface area (Å²) in [5, 5.41) is 9.41. The van der Waals surface area contributed by atoms with Gasteiger partial charge in [-0.1, -0.05) is 35.0 Å². The molecular formula is C17H23N3O3. The molecule has 124 valence electrons. The molecule has 1 aromatic carbocycles. The minimum Gasteiger partial charge on any atom is -0.382 e. The summed E-state index contributed by atoms with van der Waals surface area (Å²) in [6.45, 7) is 7.39. The lowest BCUT2D eigenvalue weighted by Gasteiger charge is -2.17. The maximum absolute atomic E-state index is 12.2. The van der Waals surface area contributed by atoms with Crippen LogP contribution in [0.5, 0.6) is 0 Å². The van der Waals surface area contributed by atoms with Crippen molar-refractivity contribution < 1.29 is 14.4 Å². The van der Waals surface area contributed by atoms with E-state index in [0.29, 0.717) is 6.42 Å². The van der Waals surface area contributed by atoms with Gasteiger partial charge in [-0.25, -0.2) is 0 Å². The van der Waals surface area contributed by atoms with Gasteiger partial charge in [0.15, 0.2) is 0 Å². The van der Waals surface area contributed by atoms with Crippen LogP contribution in [0.1, 0.15) is 38.3 Å². The highest BCUT2D eigenvalue weighted by atomic mass is 16.6. The molecule has 6 nitrogen and oxygen atoms in total. The number of aryl methyl sites for hydroxylation is 1. The summed E-state index contributed by atoms with van der Waals surface area (Å²) in [4.78, 5) is 29.2. The number of rotatable bonds is 5. The highest BCUT2D eigenvalue weighted by Crippen LogP contribution is 2.17. The van der Waals surface area contributed by atoms with Crippen molar-refractivity contribution >= 4 is 17.5 Å². The molecule has 0 bridgehead atoms. The fraction of sp³-hybridized carbons (Fsp3) is 0.471. The first kappa shape index (κ1) is 17.0. The predicted molar refractivity (Wildman–Crippen MR) is 88.1 cm³/mol. The van der Waals surface area contributed by atoms with Crippen molar-refractivity contribution in [1.82, 2.24) is 10.6 Å². The Balaban J connectivity index is 1.88. The minimum absolute atomic E-state index is 0.0288. The van der Waals surface area contributed by atoms with E-state index in [0.717, 1.165) is 16.8 Å². The molecule has 0 aromatic heterocycles. The fourth-order valence-corrected chi connectivity index (χ4v) is 2.22. The third-order valence-electron chi connectivity index (χ3n) is 3.53. The second kappa shape index (κ2) is 7.26. The number of hydrogen-bond acceptors (Lipinski definition) is 4. The van der Waals surface area contributed by atoms with E-state index in [9.17, 15) is 9.59 Å². The van der Waals surface area contributed by atoms with Crippen molar-refractivity contribution in [3.63, 3.8) is 0 Å². The molecule has 1 aliphatic rings. The fourth-order valence-electron chi connectivity index (χ4n) is 2.22. The lowest BCUT2D eigenvalue weighted by molar-refractivity contribution is -0.135. The Morgan fingerprint density at radius 3 is 2.43 bits per heavy atom.